The molecule has 0 unspecified atom stereocenters. The lowest BCUT2D eigenvalue weighted by Crippen LogP contribution is -2.48. The molecule has 132 valence electrons. The van der Waals surface area contributed by atoms with Gasteiger partial charge in [0.1, 0.15) is 16.2 Å². The van der Waals surface area contributed by atoms with Gasteiger partial charge in [0.2, 0.25) is 0 Å². The maximum absolute atomic E-state index is 12.7. The molecular formula is C18H20N2O4S. The normalized spacial score (nSPS) is 19.0. The number of amides is 1. The highest BCUT2D eigenvalue weighted by Gasteiger charge is 2.43. The SMILES string of the molecule is Cn1cccc1C(=O)N1CCC2(CC1)OCCc1cc(C(=O)O)sc12. The third kappa shape index (κ3) is 2.67. The molecule has 1 amide bonds. The van der Waals surface area contributed by atoms with Crippen LogP contribution in [0.25, 0.3) is 0 Å². The van der Waals surface area contributed by atoms with Crippen LogP contribution in [-0.4, -0.2) is 46.1 Å². The van der Waals surface area contributed by atoms with Gasteiger partial charge in [0.25, 0.3) is 5.91 Å². The molecule has 0 bridgehead atoms. The molecule has 0 saturated carbocycles. The smallest absolute Gasteiger partial charge is 0.345 e. The zero-order chi connectivity index (χ0) is 17.6. The van der Waals surface area contributed by atoms with Crippen molar-refractivity contribution in [2.45, 2.75) is 24.9 Å². The number of hydrogen-bond acceptors (Lipinski definition) is 4. The summed E-state index contributed by atoms with van der Waals surface area (Å²) in [5.74, 6) is -0.846. The lowest BCUT2D eigenvalue weighted by Gasteiger charge is -2.43. The van der Waals surface area contributed by atoms with Gasteiger partial charge in [0.15, 0.2) is 0 Å². The Balaban J connectivity index is 1.55. The highest BCUT2D eigenvalue weighted by Crippen LogP contribution is 2.45. The molecule has 2 aliphatic heterocycles. The standard InChI is InChI=1S/C18H20N2O4S/c1-19-7-2-3-13(19)16(21)20-8-5-18(6-9-20)15-12(4-10-24-18)11-14(25-15)17(22)23/h2-3,7,11H,4-6,8-10H2,1H3,(H,22,23). The Labute approximate surface area is 149 Å². The Kier molecular flexibility index (Phi) is 3.92. The van der Waals surface area contributed by atoms with Crippen LogP contribution >= 0.6 is 11.3 Å². The number of piperidine rings is 1. The van der Waals surface area contributed by atoms with Crippen molar-refractivity contribution < 1.29 is 19.4 Å². The van der Waals surface area contributed by atoms with Gasteiger partial charge < -0.3 is 19.3 Å². The first-order valence-electron chi connectivity index (χ1n) is 8.41. The summed E-state index contributed by atoms with van der Waals surface area (Å²) >= 11 is 1.33. The summed E-state index contributed by atoms with van der Waals surface area (Å²) in [4.78, 5) is 27.3. The van der Waals surface area contributed by atoms with Gasteiger partial charge in [-0.1, -0.05) is 0 Å². The van der Waals surface area contributed by atoms with Crippen LogP contribution in [0.5, 0.6) is 0 Å². The van der Waals surface area contributed by atoms with E-state index >= 15 is 0 Å². The fourth-order valence-corrected chi connectivity index (χ4v) is 5.06. The van der Waals surface area contributed by atoms with E-state index in [1.165, 1.54) is 11.3 Å². The number of aromatic nitrogens is 1. The number of likely N-dealkylation sites (tertiary alicyclic amines) is 1. The summed E-state index contributed by atoms with van der Waals surface area (Å²) < 4.78 is 7.98. The molecular weight excluding hydrogens is 340 g/mol. The van der Waals surface area contributed by atoms with Crippen molar-refractivity contribution in [2.24, 2.45) is 7.05 Å². The molecule has 4 rings (SSSR count). The van der Waals surface area contributed by atoms with Crippen LogP contribution in [0, 0.1) is 0 Å². The summed E-state index contributed by atoms with van der Waals surface area (Å²) in [5.41, 5.74) is 1.35. The Hall–Kier alpha value is -2.12. The summed E-state index contributed by atoms with van der Waals surface area (Å²) in [6.45, 7) is 1.84. The number of aryl methyl sites for hydroxylation is 1. The Morgan fingerprint density at radius 2 is 2.08 bits per heavy atom. The number of carboxylic acids is 1. The average Bonchev–Trinajstić information content (AvgIpc) is 3.22. The second-order valence-corrected chi connectivity index (χ2v) is 7.71. The summed E-state index contributed by atoms with van der Waals surface area (Å²) in [6.07, 6.45) is 4.03. The van der Waals surface area contributed by atoms with Crippen molar-refractivity contribution >= 4 is 23.2 Å². The molecule has 1 saturated heterocycles. The highest BCUT2D eigenvalue weighted by atomic mass is 32.1. The largest absolute Gasteiger partial charge is 0.477 e. The lowest BCUT2D eigenvalue weighted by atomic mass is 9.85. The molecule has 25 heavy (non-hydrogen) atoms. The molecule has 0 radical (unpaired) electrons. The van der Waals surface area contributed by atoms with E-state index < -0.39 is 11.6 Å². The predicted octanol–water partition coefficient (Wildman–Crippen LogP) is 2.49. The fourth-order valence-electron chi connectivity index (χ4n) is 3.82. The minimum Gasteiger partial charge on any atom is -0.477 e. The van der Waals surface area contributed by atoms with Gasteiger partial charge in [-0.2, -0.15) is 0 Å². The van der Waals surface area contributed by atoms with Crippen LogP contribution in [0.15, 0.2) is 24.4 Å². The Bertz CT molecular complexity index is 830. The predicted molar refractivity (Wildman–Crippen MR) is 93.2 cm³/mol. The minimum atomic E-state index is -0.883. The van der Waals surface area contributed by atoms with E-state index in [4.69, 9.17) is 4.74 Å². The molecule has 4 heterocycles. The van der Waals surface area contributed by atoms with Crippen LogP contribution in [-0.2, 0) is 23.8 Å². The number of hydrogen-bond donors (Lipinski definition) is 1. The van der Waals surface area contributed by atoms with Crippen molar-refractivity contribution in [3.63, 3.8) is 0 Å². The monoisotopic (exact) mass is 360 g/mol. The van der Waals surface area contributed by atoms with E-state index in [9.17, 15) is 14.7 Å². The van der Waals surface area contributed by atoms with Gasteiger partial charge in [0, 0.05) is 31.2 Å². The Morgan fingerprint density at radius 3 is 2.72 bits per heavy atom. The van der Waals surface area contributed by atoms with Crippen LogP contribution in [0.2, 0.25) is 0 Å². The van der Waals surface area contributed by atoms with Crippen molar-refractivity contribution in [3.8, 4) is 0 Å². The number of carboxylic acid groups (broad SMARTS) is 1. The number of carbonyl (C=O) groups is 2. The lowest BCUT2D eigenvalue weighted by molar-refractivity contribution is -0.0906. The minimum absolute atomic E-state index is 0.0378. The van der Waals surface area contributed by atoms with Gasteiger partial charge in [-0.15, -0.1) is 11.3 Å². The molecule has 2 aliphatic rings. The quantitative estimate of drug-likeness (QED) is 0.893. The van der Waals surface area contributed by atoms with E-state index in [0.717, 1.165) is 16.9 Å². The molecule has 6 nitrogen and oxygen atoms in total. The summed E-state index contributed by atoms with van der Waals surface area (Å²) in [6, 6.07) is 5.49. The number of carbonyl (C=O) groups excluding carboxylic acids is 1. The zero-order valence-corrected chi connectivity index (χ0v) is 14.8. The first-order valence-corrected chi connectivity index (χ1v) is 9.23. The van der Waals surface area contributed by atoms with E-state index in [1.807, 2.05) is 34.8 Å². The molecule has 1 spiro atoms. The fraction of sp³-hybridized carbons (Fsp3) is 0.444. The molecule has 7 heteroatoms. The second kappa shape index (κ2) is 6.00. The molecule has 1 N–H and O–H groups in total. The summed E-state index contributed by atoms with van der Waals surface area (Å²) in [7, 11) is 1.87. The van der Waals surface area contributed by atoms with Gasteiger partial charge in [-0.25, -0.2) is 4.79 Å². The van der Waals surface area contributed by atoms with Crippen molar-refractivity contribution in [3.05, 3.63) is 45.4 Å². The van der Waals surface area contributed by atoms with Gasteiger partial charge >= 0.3 is 5.97 Å². The number of ether oxygens (including phenoxy) is 1. The molecule has 0 aromatic carbocycles. The van der Waals surface area contributed by atoms with E-state index in [-0.39, 0.29) is 5.91 Å². The van der Waals surface area contributed by atoms with Crippen molar-refractivity contribution in [2.75, 3.05) is 19.7 Å². The average molecular weight is 360 g/mol. The van der Waals surface area contributed by atoms with Crippen molar-refractivity contribution in [1.29, 1.82) is 0 Å². The van der Waals surface area contributed by atoms with Gasteiger partial charge in [-0.3, -0.25) is 4.79 Å². The van der Waals surface area contributed by atoms with Gasteiger partial charge in [-0.05, 0) is 43.0 Å². The zero-order valence-electron chi connectivity index (χ0n) is 14.0. The topological polar surface area (TPSA) is 71.8 Å². The molecule has 2 aromatic rings. The Morgan fingerprint density at radius 1 is 1.32 bits per heavy atom. The molecule has 1 fully saturated rings. The van der Waals surface area contributed by atoms with Crippen LogP contribution in [0.4, 0.5) is 0 Å². The van der Waals surface area contributed by atoms with E-state index in [2.05, 4.69) is 0 Å². The number of rotatable bonds is 2. The number of nitrogens with zero attached hydrogens (tertiary/aromatic N) is 2. The maximum atomic E-state index is 12.7. The molecule has 2 aromatic heterocycles. The number of thiophene rings is 1. The first-order chi connectivity index (χ1) is 12.0. The van der Waals surface area contributed by atoms with E-state index in [1.54, 1.807) is 6.07 Å². The van der Waals surface area contributed by atoms with Crippen LogP contribution < -0.4 is 0 Å². The van der Waals surface area contributed by atoms with Gasteiger partial charge in [0.05, 0.1) is 6.61 Å². The second-order valence-electron chi connectivity index (χ2n) is 6.66. The van der Waals surface area contributed by atoms with Crippen LogP contribution in [0.3, 0.4) is 0 Å². The molecule has 0 aliphatic carbocycles. The first kappa shape index (κ1) is 16.4. The van der Waals surface area contributed by atoms with E-state index in [0.29, 0.717) is 43.1 Å². The van der Waals surface area contributed by atoms with Crippen molar-refractivity contribution in [1.82, 2.24) is 9.47 Å². The molecule has 0 atom stereocenters. The number of fused-ring (bicyclic) bond motifs is 2. The van der Waals surface area contributed by atoms with Crippen LogP contribution in [0.1, 0.15) is 43.4 Å². The summed E-state index contributed by atoms with van der Waals surface area (Å²) in [5, 5.41) is 9.28. The maximum Gasteiger partial charge on any atom is 0.345 e. The highest BCUT2D eigenvalue weighted by molar-refractivity contribution is 7.14. The third-order valence-electron chi connectivity index (χ3n) is 5.20. The third-order valence-corrected chi connectivity index (χ3v) is 6.56. The number of aromatic carboxylic acids is 1.